The molecule has 0 amide bonds. The van der Waals surface area contributed by atoms with Crippen LogP contribution >= 0.6 is 0 Å². The molecule has 1 aromatic carbocycles. The smallest absolute Gasteiger partial charge is 0.295 e. The summed E-state index contributed by atoms with van der Waals surface area (Å²) in [4.78, 5) is 15.6. The first-order valence-electron chi connectivity index (χ1n) is 7.14. The van der Waals surface area contributed by atoms with Crippen LogP contribution in [0, 0.1) is 25.5 Å². The quantitative estimate of drug-likeness (QED) is 0.844. The maximum absolute atomic E-state index is 13.5. The lowest BCUT2D eigenvalue weighted by atomic mass is 10.2. The lowest BCUT2D eigenvalue weighted by Gasteiger charge is -2.11. The van der Waals surface area contributed by atoms with E-state index in [1.807, 2.05) is 0 Å². The fourth-order valence-corrected chi connectivity index (χ4v) is 3.40. The third-order valence-corrected chi connectivity index (χ3v) is 4.70. The summed E-state index contributed by atoms with van der Waals surface area (Å²) in [6.07, 6.45) is 0. The van der Waals surface area contributed by atoms with Gasteiger partial charge in [-0.3, -0.25) is 4.57 Å². The first kappa shape index (κ1) is 18.2. The summed E-state index contributed by atoms with van der Waals surface area (Å²) in [5.41, 5.74) is 0.655. The standard InChI is InChI=1S/C15H17F2N3O3S/c1-10-7-11(2)20(15(21)19-10)6-5-18-24(22,23)9-12-3-4-13(16)8-14(12)17/h3-4,7-8,18H,5-6,9H2,1-2H3. The van der Waals surface area contributed by atoms with E-state index in [0.29, 0.717) is 17.5 Å². The minimum Gasteiger partial charge on any atom is -0.295 e. The Morgan fingerprint density at radius 3 is 2.54 bits per heavy atom. The minimum absolute atomic E-state index is 0.0450. The topological polar surface area (TPSA) is 81.1 Å². The number of halogens is 2. The fourth-order valence-electron chi connectivity index (χ4n) is 2.25. The minimum atomic E-state index is -3.82. The lowest BCUT2D eigenvalue weighted by molar-refractivity contribution is 0.555. The van der Waals surface area contributed by atoms with Gasteiger partial charge in [0.15, 0.2) is 0 Å². The van der Waals surface area contributed by atoms with Crippen molar-refractivity contribution < 1.29 is 17.2 Å². The zero-order valence-electron chi connectivity index (χ0n) is 13.2. The second kappa shape index (κ2) is 7.18. The second-order valence-corrected chi connectivity index (χ2v) is 7.17. The molecule has 2 aromatic rings. The van der Waals surface area contributed by atoms with Crippen LogP contribution in [0.2, 0.25) is 0 Å². The average Bonchev–Trinajstić information content (AvgIpc) is 2.44. The molecule has 1 N–H and O–H groups in total. The maximum Gasteiger partial charge on any atom is 0.348 e. The highest BCUT2D eigenvalue weighted by molar-refractivity contribution is 7.88. The van der Waals surface area contributed by atoms with Crippen LogP contribution in [0.3, 0.4) is 0 Å². The molecule has 0 atom stereocenters. The summed E-state index contributed by atoms with van der Waals surface area (Å²) in [5.74, 6) is -2.31. The number of aryl methyl sites for hydroxylation is 2. The van der Waals surface area contributed by atoms with E-state index in [-0.39, 0.29) is 18.7 Å². The Labute approximate surface area is 138 Å². The van der Waals surface area contributed by atoms with Gasteiger partial charge in [0.05, 0.1) is 5.75 Å². The summed E-state index contributed by atoms with van der Waals surface area (Å²) >= 11 is 0. The molecule has 0 fully saturated rings. The van der Waals surface area contributed by atoms with Gasteiger partial charge in [0, 0.05) is 36.1 Å². The van der Waals surface area contributed by atoms with Crippen LogP contribution in [0.15, 0.2) is 29.1 Å². The molecule has 0 aliphatic carbocycles. The van der Waals surface area contributed by atoms with Crippen molar-refractivity contribution in [3.05, 3.63) is 63.3 Å². The second-order valence-electron chi connectivity index (χ2n) is 5.36. The Kier molecular flexibility index (Phi) is 5.45. The molecule has 9 heteroatoms. The first-order valence-corrected chi connectivity index (χ1v) is 8.79. The van der Waals surface area contributed by atoms with Crippen molar-refractivity contribution in [2.45, 2.75) is 26.1 Å². The number of sulfonamides is 1. The number of rotatable bonds is 6. The number of hydrogen-bond acceptors (Lipinski definition) is 4. The van der Waals surface area contributed by atoms with E-state index in [2.05, 4.69) is 9.71 Å². The molecule has 0 radical (unpaired) electrons. The van der Waals surface area contributed by atoms with Crippen LogP contribution in [0.1, 0.15) is 17.0 Å². The molecule has 1 heterocycles. The largest absolute Gasteiger partial charge is 0.348 e. The van der Waals surface area contributed by atoms with E-state index >= 15 is 0 Å². The Bertz CT molecular complexity index is 911. The van der Waals surface area contributed by atoms with Crippen molar-refractivity contribution >= 4 is 10.0 Å². The Morgan fingerprint density at radius 2 is 1.92 bits per heavy atom. The van der Waals surface area contributed by atoms with Crippen molar-refractivity contribution in [1.82, 2.24) is 14.3 Å². The lowest BCUT2D eigenvalue weighted by Crippen LogP contribution is -2.33. The maximum atomic E-state index is 13.5. The average molecular weight is 357 g/mol. The predicted molar refractivity (Wildman–Crippen MR) is 85.0 cm³/mol. The Hall–Kier alpha value is -2.13. The Balaban J connectivity index is 2.02. The van der Waals surface area contributed by atoms with Gasteiger partial charge in [0.1, 0.15) is 11.6 Å². The van der Waals surface area contributed by atoms with E-state index in [9.17, 15) is 22.0 Å². The van der Waals surface area contributed by atoms with E-state index < -0.39 is 33.1 Å². The van der Waals surface area contributed by atoms with Crippen molar-refractivity contribution in [2.75, 3.05) is 6.54 Å². The number of hydrogen-bond donors (Lipinski definition) is 1. The normalized spacial score (nSPS) is 11.7. The van der Waals surface area contributed by atoms with E-state index in [1.54, 1.807) is 19.9 Å². The van der Waals surface area contributed by atoms with Crippen LogP contribution < -0.4 is 10.4 Å². The third kappa shape index (κ3) is 4.68. The zero-order valence-corrected chi connectivity index (χ0v) is 14.0. The molecule has 0 unspecified atom stereocenters. The Morgan fingerprint density at radius 1 is 1.21 bits per heavy atom. The molecular weight excluding hydrogens is 340 g/mol. The molecule has 130 valence electrons. The molecule has 1 aromatic heterocycles. The van der Waals surface area contributed by atoms with E-state index in [4.69, 9.17) is 0 Å². The number of aromatic nitrogens is 2. The van der Waals surface area contributed by atoms with Gasteiger partial charge in [-0.25, -0.2) is 26.7 Å². The molecule has 0 spiro atoms. The van der Waals surface area contributed by atoms with Crippen LogP contribution in [-0.2, 0) is 22.3 Å². The van der Waals surface area contributed by atoms with Crippen molar-refractivity contribution in [1.29, 1.82) is 0 Å². The molecule has 0 bridgehead atoms. The van der Waals surface area contributed by atoms with Gasteiger partial charge >= 0.3 is 5.69 Å². The van der Waals surface area contributed by atoms with Crippen molar-refractivity contribution in [2.24, 2.45) is 0 Å². The summed E-state index contributed by atoms with van der Waals surface area (Å²) in [6.45, 7) is 3.47. The first-order chi connectivity index (χ1) is 11.2. The van der Waals surface area contributed by atoms with Crippen molar-refractivity contribution in [3.63, 3.8) is 0 Å². The highest BCUT2D eigenvalue weighted by atomic mass is 32.2. The van der Waals surface area contributed by atoms with Gasteiger partial charge in [-0.15, -0.1) is 0 Å². The molecule has 0 saturated heterocycles. The van der Waals surface area contributed by atoms with Gasteiger partial charge in [0.2, 0.25) is 10.0 Å². The summed E-state index contributed by atoms with van der Waals surface area (Å²) < 4.78 is 53.9. The SMILES string of the molecule is Cc1cc(C)n(CCNS(=O)(=O)Cc2ccc(F)cc2F)c(=O)n1. The van der Waals surface area contributed by atoms with Crippen LogP contribution in [0.5, 0.6) is 0 Å². The molecule has 0 aliphatic rings. The third-order valence-electron chi connectivity index (χ3n) is 3.36. The molecule has 0 saturated carbocycles. The van der Waals surface area contributed by atoms with E-state index in [0.717, 1.165) is 12.1 Å². The number of benzene rings is 1. The highest BCUT2D eigenvalue weighted by Crippen LogP contribution is 2.12. The zero-order chi connectivity index (χ0) is 17.9. The van der Waals surface area contributed by atoms with Crippen molar-refractivity contribution in [3.8, 4) is 0 Å². The fraction of sp³-hybridized carbons (Fsp3) is 0.333. The molecule has 6 nitrogen and oxygen atoms in total. The highest BCUT2D eigenvalue weighted by Gasteiger charge is 2.15. The van der Waals surface area contributed by atoms with E-state index in [1.165, 1.54) is 4.57 Å². The molecular formula is C15H17F2N3O3S. The van der Waals surface area contributed by atoms with Crippen LogP contribution in [0.25, 0.3) is 0 Å². The van der Waals surface area contributed by atoms with Gasteiger partial charge in [-0.05, 0) is 26.0 Å². The van der Waals surface area contributed by atoms with Crippen LogP contribution in [0.4, 0.5) is 8.78 Å². The summed E-state index contributed by atoms with van der Waals surface area (Å²) in [5, 5.41) is 0. The van der Waals surface area contributed by atoms with Gasteiger partial charge in [-0.1, -0.05) is 6.07 Å². The molecule has 2 rings (SSSR count). The molecule has 0 aliphatic heterocycles. The number of nitrogens with one attached hydrogen (secondary N) is 1. The predicted octanol–water partition coefficient (Wildman–Crippen LogP) is 1.26. The van der Waals surface area contributed by atoms with Crippen LogP contribution in [-0.4, -0.2) is 24.5 Å². The van der Waals surface area contributed by atoms with Gasteiger partial charge in [-0.2, -0.15) is 4.98 Å². The summed E-state index contributed by atoms with van der Waals surface area (Å²) in [6, 6.07) is 4.42. The van der Waals surface area contributed by atoms with Gasteiger partial charge in [0.25, 0.3) is 0 Å². The number of nitrogens with zero attached hydrogens (tertiary/aromatic N) is 2. The monoisotopic (exact) mass is 357 g/mol. The molecule has 24 heavy (non-hydrogen) atoms. The summed E-state index contributed by atoms with van der Waals surface area (Å²) in [7, 11) is -3.82. The van der Waals surface area contributed by atoms with Gasteiger partial charge < -0.3 is 0 Å².